The predicted octanol–water partition coefficient (Wildman–Crippen LogP) is 3.95. The van der Waals surface area contributed by atoms with E-state index < -0.39 is 29.6 Å². The van der Waals surface area contributed by atoms with Gasteiger partial charge in [-0.05, 0) is 29.8 Å². The van der Waals surface area contributed by atoms with Gasteiger partial charge in [0.2, 0.25) is 0 Å². The largest absolute Gasteiger partial charge is 0.467 e. The highest BCUT2D eigenvalue weighted by Gasteiger charge is 2.31. The number of carbonyl (C=O) groups excluding carboxylic acids is 1. The summed E-state index contributed by atoms with van der Waals surface area (Å²) in [4.78, 5) is 24.0. The third-order valence-corrected chi connectivity index (χ3v) is 3.98. The van der Waals surface area contributed by atoms with Crippen molar-refractivity contribution >= 4 is 11.7 Å². The van der Waals surface area contributed by atoms with Gasteiger partial charge in [-0.15, -0.1) is 0 Å². The molecule has 3 rings (SSSR count). The number of carbonyl (C=O) groups is 1. The van der Waals surface area contributed by atoms with Crippen molar-refractivity contribution in [2.75, 3.05) is 12.4 Å². The Morgan fingerprint density at radius 1 is 1.07 bits per heavy atom. The van der Waals surface area contributed by atoms with E-state index in [1.54, 1.807) is 0 Å². The SMILES string of the molecule is COc1ncc(NC(=O)N[C@@H](c2ccc(C(F)(F)F)cc2)c2ncccc2F)cn1. The van der Waals surface area contributed by atoms with Gasteiger partial charge in [0.25, 0.3) is 0 Å². The summed E-state index contributed by atoms with van der Waals surface area (Å²) in [6.07, 6.45) is -0.629. The van der Waals surface area contributed by atoms with Gasteiger partial charge in [0.05, 0.1) is 30.8 Å². The molecule has 0 radical (unpaired) electrons. The number of ether oxygens (including phenoxy) is 1. The van der Waals surface area contributed by atoms with Crippen molar-refractivity contribution in [3.8, 4) is 6.01 Å². The molecule has 11 heteroatoms. The number of nitrogens with zero attached hydrogens (tertiary/aromatic N) is 3. The van der Waals surface area contributed by atoms with Gasteiger partial charge < -0.3 is 15.4 Å². The molecule has 2 amide bonds. The van der Waals surface area contributed by atoms with E-state index in [0.717, 1.165) is 30.3 Å². The number of halogens is 4. The Morgan fingerprint density at radius 3 is 2.30 bits per heavy atom. The maximum absolute atomic E-state index is 14.3. The zero-order valence-electron chi connectivity index (χ0n) is 15.4. The summed E-state index contributed by atoms with van der Waals surface area (Å²) in [5.41, 5.74) is -0.590. The first-order chi connectivity index (χ1) is 14.3. The Balaban J connectivity index is 1.86. The number of benzene rings is 1. The van der Waals surface area contributed by atoms with Crippen LogP contribution in [-0.4, -0.2) is 28.1 Å². The lowest BCUT2D eigenvalue weighted by Crippen LogP contribution is -2.34. The van der Waals surface area contributed by atoms with E-state index >= 15 is 0 Å². The molecule has 0 spiro atoms. The molecule has 1 aromatic carbocycles. The highest BCUT2D eigenvalue weighted by Crippen LogP contribution is 2.31. The zero-order valence-corrected chi connectivity index (χ0v) is 15.4. The number of hydrogen-bond acceptors (Lipinski definition) is 5. The summed E-state index contributed by atoms with van der Waals surface area (Å²) < 4.78 is 57.7. The van der Waals surface area contributed by atoms with Crippen molar-refractivity contribution in [2.45, 2.75) is 12.2 Å². The van der Waals surface area contributed by atoms with Crippen LogP contribution in [0.4, 0.5) is 28.0 Å². The standard InChI is InChI=1S/C19H15F4N5O2/c1-30-18-25-9-13(10-26-18)27-17(29)28-15(16-14(20)3-2-8-24-16)11-4-6-12(7-5-11)19(21,22)23/h2-10,15H,1H3,(H2,27,28,29)/t15-/m0/s1. The van der Waals surface area contributed by atoms with Gasteiger partial charge in [-0.1, -0.05) is 12.1 Å². The topological polar surface area (TPSA) is 89.0 Å². The molecule has 7 nitrogen and oxygen atoms in total. The van der Waals surface area contributed by atoms with E-state index in [2.05, 4.69) is 25.6 Å². The van der Waals surface area contributed by atoms with E-state index in [4.69, 9.17) is 4.74 Å². The average molecular weight is 421 g/mol. The number of urea groups is 1. The van der Waals surface area contributed by atoms with Crippen molar-refractivity contribution in [1.29, 1.82) is 0 Å². The summed E-state index contributed by atoms with van der Waals surface area (Å²) in [5.74, 6) is -0.726. The first kappa shape index (κ1) is 21.0. The number of alkyl halides is 3. The number of methoxy groups -OCH3 is 1. The molecule has 3 aromatic rings. The van der Waals surface area contributed by atoms with E-state index in [1.165, 1.54) is 31.8 Å². The molecule has 1 atom stereocenters. The molecule has 156 valence electrons. The van der Waals surface area contributed by atoms with Crippen molar-refractivity contribution in [1.82, 2.24) is 20.3 Å². The lowest BCUT2D eigenvalue weighted by Gasteiger charge is -2.20. The van der Waals surface area contributed by atoms with E-state index in [-0.39, 0.29) is 23.0 Å². The number of aromatic nitrogens is 3. The van der Waals surface area contributed by atoms with Crippen LogP contribution in [-0.2, 0) is 6.18 Å². The fourth-order valence-corrected chi connectivity index (χ4v) is 2.57. The molecule has 0 aliphatic carbocycles. The molecule has 0 saturated carbocycles. The van der Waals surface area contributed by atoms with Crippen LogP contribution in [0.25, 0.3) is 0 Å². The molecular formula is C19H15F4N5O2. The van der Waals surface area contributed by atoms with Gasteiger partial charge in [0.1, 0.15) is 17.6 Å². The maximum Gasteiger partial charge on any atom is 0.416 e. The van der Waals surface area contributed by atoms with Gasteiger partial charge in [-0.3, -0.25) is 4.98 Å². The summed E-state index contributed by atoms with van der Waals surface area (Å²) in [6, 6.07) is 4.68. The lowest BCUT2D eigenvalue weighted by atomic mass is 10.0. The molecule has 2 aromatic heterocycles. The second kappa shape index (κ2) is 8.72. The van der Waals surface area contributed by atoms with E-state index in [9.17, 15) is 22.4 Å². The van der Waals surface area contributed by atoms with E-state index in [1.807, 2.05) is 0 Å². The van der Waals surface area contributed by atoms with Crippen molar-refractivity contribution < 1.29 is 27.1 Å². The van der Waals surface area contributed by atoms with Gasteiger partial charge in [-0.25, -0.2) is 19.2 Å². The number of nitrogens with one attached hydrogen (secondary N) is 2. The number of amides is 2. The minimum absolute atomic E-state index is 0.0964. The summed E-state index contributed by atoms with van der Waals surface area (Å²) in [6.45, 7) is 0. The zero-order chi connectivity index (χ0) is 21.7. The van der Waals surface area contributed by atoms with Gasteiger partial charge in [0, 0.05) is 6.20 Å². The van der Waals surface area contributed by atoms with Crippen LogP contribution in [0.3, 0.4) is 0 Å². The maximum atomic E-state index is 14.3. The minimum Gasteiger partial charge on any atom is -0.467 e. The van der Waals surface area contributed by atoms with Crippen LogP contribution in [0.2, 0.25) is 0 Å². The van der Waals surface area contributed by atoms with Gasteiger partial charge in [-0.2, -0.15) is 13.2 Å². The Labute approximate surface area is 168 Å². The molecule has 2 heterocycles. The monoisotopic (exact) mass is 421 g/mol. The normalized spacial score (nSPS) is 12.2. The highest BCUT2D eigenvalue weighted by molar-refractivity contribution is 5.89. The third kappa shape index (κ3) is 4.99. The van der Waals surface area contributed by atoms with E-state index in [0.29, 0.717) is 0 Å². The molecule has 30 heavy (non-hydrogen) atoms. The first-order valence-corrected chi connectivity index (χ1v) is 8.49. The predicted molar refractivity (Wildman–Crippen MR) is 98.2 cm³/mol. The fourth-order valence-electron chi connectivity index (χ4n) is 2.57. The van der Waals surface area contributed by atoms with Crippen LogP contribution in [0.15, 0.2) is 55.0 Å². The third-order valence-electron chi connectivity index (χ3n) is 3.98. The Bertz CT molecular complexity index is 1010. The quantitative estimate of drug-likeness (QED) is 0.609. The Hall–Kier alpha value is -3.76. The first-order valence-electron chi connectivity index (χ1n) is 8.49. The molecule has 0 fully saturated rings. The average Bonchev–Trinajstić information content (AvgIpc) is 2.73. The molecule has 0 aliphatic rings. The molecule has 0 unspecified atom stereocenters. The van der Waals surface area contributed by atoms with Crippen LogP contribution in [0.1, 0.15) is 22.9 Å². The molecule has 2 N–H and O–H groups in total. The van der Waals surface area contributed by atoms with Gasteiger partial charge >= 0.3 is 18.2 Å². The van der Waals surface area contributed by atoms with Crippen LogP contribution >= 0.6 is 0 Å². The number of hydrogen-bond donors (Lipinski definition) is 2. The number of rotatable bonds is 5. The summed E-state index contributed by atoms with van der Waals surface area (Å²) >= 11 is 0. The number of anilines is 1. The Kier molecular flexibility index (Phi) is 6.09. The lowest BCUT2D eigenvalue weighted by molar-refractivity contribution is -0.137. The minimum atomic E-state index is -4.52. The van der Waals surface area contributed by atoms with Gasteiger partial charge in [0.15, 0.2) is 0 Å². The highest BCUT2D eigenvalue weighted by atomic mass is 19.4. The second-order valence-corrected chi connectivity index (χ2v) is 5.98. The number of pyridine rings is 1. The smallest absolute Gasteiger partial charge is 0.416 e. The molecule has 0 bridgehead atoms. The summed E-state index contributed by atoms with van der Waals surface area (Å²) in [7, 11) is 1.38. The second-order valence-electron chi connectivity index (χ2n) is 5.98. The van der Waals surface area contributed by atoms with Crippen LogP contribution in [0.5, 0.6) is 6.01 Å². The van der Waals surface area contributed by atoms with Crippen LogP contribution in [0, 0.1) is 5.82 Å². The van der Waals surface area contributed by atoms with Crippen molar-refractivity contribution in [3.63, 3.8) is 0 Å². The summed E-state index contributed by atoms with van der Waals surface area (Å²) in [5, 5.41) is 4.96. The van der Waals surface area contributed by atoms with Crippen LogP contribution < -0.4 is 15.4 Å². The molecule has 0 saturated heterocycles. The van der Waals surface area contributed by atoms with Crippen molar-refractivity contribution in [3.05, 3.63) is 77.6 Å². The molecule has 0 aliphatic heterocycles. The van der Waals surface area contributed by atoms with Crippen molar-refractivity contribution in [2.24, 2.45) is 0 Å². The molecular weight excluding hydrogens is 406 g/mol. The fraction of sp³-hybridized carbons (Fsp3) is 0.158. The Morgan fingerprint density at radius 2 is 1.73 bits per heavy atom.